The first-order valence-corrected chi connectivity index (χ1v) is 9.23. The van der Waals surface area contributed by atoms with E-state index < -0.39 is 0 Å². The maximum atomic E-state index is 6.07. The van der Waals surface area contributed by atoms with Crippen molar-refractivity contribution < 1.29 is 0 Å². The molecule has 0 fully saturated rings. The lowest BCUT2D eigenvalue weighted by molar-refractivity contribution is 0.511. The molecule has 0 amide bonds. The number of aliphatic imine (C=N–C) groups is 1. The molecule has 7 heteroatoms. The van der Waals surface area contributed by atoms with Crippen molar-refractivity contribution in [2.75, 3.05) is 11.4 Å². The molecule has 4 heterocycles. The van der Waals surface area contributed by atoms with Gasteiger partial charge in [0.05, 0.1) is 30.5 Å². The lowest BCUT2D eigenvalue weighted by Crippen LogP contribution is -2.28. The van der Waals surface area contributed by atoms with Gasteiger partial charge in [0.25, 0.3) is 0 Å². The van der Waals surface area contributed by atoms with Crippen molar-refractivity contribution in [3.8, 4) is 0 Å². The fourth-order valence-electron chi connectivity index (χ4n) is 3.19. The van der Waals surface area contributed by atoms with Crippen molar-refractivity contribution in [1.29, 1.82) is 0 Å². The average Bonchev–Trinajstić information content (AvgIpc) is 2.96. The number of aryl methyl sites for hydroxylation is 1. The summed E-state index contributed by atoms with van der Waals surface area (Å²) in [6.45, 7) is 6.82. The Bertz CT molecular complexity index is 962. The molecule has 0 atom stereocenters. The van der Waals surface area contributed by atoms with Gasteiger partial charge >= 0.3 is 0 Å². The van der Waals surface area contributed by atoms with Gasteiger partial charge in [0.1, 0.15) is 16.7 Å². The number of nitrogens with zero attached hydrogens (tertiary/aromatic N) is 6. The Morgan fingerprint density at radius 2 is 2.08 bits per heavy atom. The minimum Gasteiger partial charge on any atom is -0.357 e. The maximum absolute atomic E-state index is 6.07. The van der Waals surface area contributed by atoms with Gasteiger partial charge in [-0.05, 0) is 30.5 Å². The van der Waals surface area contributed by atoms with Crippen LogP contribution < -0.4 is 4.90 Å². The van der Waals surface area contributed by atoms with Gasteiger partial charge in [0.15, 0.2) is 5.65 Å². The van der Waals surface area contributed by atoms with Crippen LogP contribution in [0.3, 0.4) is 0 Å². The summed E-state index contributed by atoms with van der Waals surface area (Å²) in [7, 11) is 0. The third kappa shape index (κ3) is 3.29. The number of pyridine rings is 2. The second-order valence-corrected chi connectivity index (χ2v) is 7.28. The van der Waals surface area contributed by atoms with Gasteiger partial charge in [-0.2, -0.15) is 0 Å². The Morgan fingerprint density at radius 3 is 2.92 bits per heavy atom. The number of rotatable bonds is 5. The summed E-state index contributed by atoms with van der Waals surface area (Å²) >= 11 is 6.07. The van der Waals surface area contributed by atoms with Crippen molar-refractivity contribution in [3.05, 3.63) is 41.6 Å². The van der Waals surface area contributed by atoms with Crippen LogP contribution in [-0.2, 0) is 13.1 Å². The zero-order valence-electron chi connectivity index (χ0n) is 14.9. The van der Waals surface area contributed by atoms with Crippen molar-refractivity contribution in [2.45, 2.75) is 33.4 Å². The molecule has 0 N–H and O–H groups in total. The molecule has 3 aromatic heterocycles. The second-order valence-electron chi connectivity index (χ2n) is 6.90. The van der Waals surface area contributed by atoms with Crippen LogP contribution in [0.25, 0.3) is 11.2 Å². The molecule has 0 bridgehead atoms. The fraction of sp³-hybridized carbons (Fsp3) is 0.368. The monoisotopic (exact) mass is 368 g/mol. The molecule has 0 saturated carbocycles. The molecule has 0 radical (unpaired) electrons. The zero-order chi connectivity index (χ0) is 18.1. The highest BCUT2D eigenvalue weighted by molar-refractivity contribution is 6.29. The summed E-state index contributed by atoms with van der Waals surface area (Å²) in [5.74, 6) is 1.61. The van der Waals surface area contributed by atoms with E-state index in [0.717, 1.165) is 42.2 Å². The number of imidazole rings is 1. The van der Waals surface area contributed by atoms with Gasteiger partial charge in [-0.25, -0.2) is 9.97 Å². The Hall–Kier alpha value is -2.47. The number of aromatic nitrogens is 4. The lowest BCUT2D eigenvalue weighted by atomic mass is 10.1. The van der Waals surface area contributed by atoms with E-state index in [4.69, 9.17) is 16.6 Å². The van der Waals surface area contributed by atoms with E-state index in [2.05, 4.69) is 38.3 Å². The first-order chi connectivity index (χ1) is 12.6. The topological polar surface area (TPSA) is 59.2 Å². The summed E-state index contributed by atoms with van der Waals surface area (Å²) in [4.78, 5) is 20.0. The van der Waals surface area contributed by atoms with Crippen LogP contribution in [0.5, 0.6) is 0 Å². The Balaban J connectivity index is 1.71. The summed E-state index contributed by atoms with van der Waals surface area (Å²) in [6, 6.07) is 5.84. The third-order valence-electron chi connectivity index (χ3n) is 4.57. The molecule has 3 aromatic rings. The Morgan fingerprint density at radius 1 is 1.19 bits per heavy atom. The van der Waals surface area contributed by atoms with Crippen LogP contribution in [0.15, 0.2) is 35.6 Å². The summed E-state index contributed by atoms with van der Waals surface area (Å²) in [5, 5.41) is 0.471. The first kappa shape index (κ1) is 17.0. The number of hydrogen-bond acceptors (Lipinski definition) is 5. The summed E-state index contributed by atoms with van der Waals surface area (Å²) < 4.78 is 2.27. The predicted molar refractivity (Wildman–Crippen MR) is 105 cm³/mol. The molecule has 0 aromatic carbocycles. The molecule has 134 valence electrons. The van der Waals surface area contributed by atoms with Crippen LogP contribution in [-0.4, -0.2) is 32.3 Å². The summed E-state index contributed by atoms with van der Waals surface area (Å²) in [5.41, 5.74) is 3.71. The molecule has 0 saturated heterocycles. The molecule has 26 heavy (non-hydrogen) atoms. The number of halogens is 1. The molecule has 1 aliphatic heterocycles. The third-order valence-corrected chi connectivity index (χ3v) is 4.78. The smallest absolute Gasteiger partial charge is 0.179 e. The van der Waals surface area contributed by atoms with Crippen LogP contribution in [0.2, 0.25) is 5.15 Å². The lowest BCUT2D eigenvalue weighted by Gasteiger charge is -2.27. The molecule has 0 unspecified atom stereocenters. The minimum atomic E-state index is 0.471. The van der Waals surface area contributed by atoms with E-state index in [1.54, 1.807) is 12.4 Å². The van der Waals surface area contributed by atoms with E-state index in [0.29, 0.717) is 23.3 Å². The summed E-state index contributed by atoms with van der Waals surface area (Å²) in [6.07, 6.45) is 6.60. The van der Waals surface area contributed by atoms with Gasteiger partial charge in [0, 0.05) is 19.0 Å². The van der Waals surface area contributed by atoms with Crippen LogP contribution in [0.4, 0.5) is 11.4 Å². The SMILES string of the molecule is CC(C)CCn1c(CN2CC=Nc3cnccc32)nc2nc(Cl)ccc21. The van der Waals surface area contributed by atoms with E-state index in [1.807, 2.05) is 24.4 Å². The zero-order valence-corrected chi connectivity index (χ0v) is 15.7. The van der Waals surface area contributed by atoms with Gasteiger partial charge in [-0.15, -0.1) is 0 Å². The minimum absolute atomic E-state index is 0.471. The molecule has 1 aliphatic rings. The van der Waals surface area contributed by atoms with Crippen LogP contribution >= 0.6 is 11.6 Å². The number of fused-ring (bicyclic) bond motifs is 2. The fourth-order valence-corrected chi connectivity index (χ4v) is 3.34. The highest BCUT2D eigenvalue weighted by Gasteiger charge is 2.19. The van der Waals surface area contributed by atoms with E-state index in [-0.39, 0.29) is 0 Å². The molecule has 4 rings (SSSR count). The van der Waals surface area contributed by atoms with Gasteiger partial charge in [-0.1, -0.05) is 25.4 Å². The Labute approximate surface area is 157 Å². The molecule has 0 aliphatic carbocycles. The maximum Gasteiger partial charge on any atom is 0.179 e. The predicted octanol–water partition coefficient (Wildman–Crippen LogP) is 4.25. The average molecular weight is 369 g/mol. The van der Waals surface area contributed by atoms with Crippen molar-refractivity contribution >= 4 is 40.4 Å². The van der Waals surface area contributed by atoms with Gasteiger partial charge in [-0.3, -0.25) is 9.98 Å². The number of hydrogen-bond donors (Lipinski definition) is 0. The van der Waals surface area contributed by atoms with Crippen molar-refractivity contribution in [3.63, 3.8) is 0 Å². The molecular weight excluding hydrogens is 348 g/mol. The van der Waals surface area contributed by atoms with Gasteiger partial charge in [0.2, 0.25) is 0 Å². The quantitative estimate of drug-likeness (QED) is 0.632. The first-order valence-electron chi connectivity index (χ1n) is 8.85. The van der Waals surface area contributed by atoms with Crippen molar-refractivity contribution in [2.24, 2.45) is 10.9 Å². The Kier molecular flexibility index (Phi) is 4.59. The normalized spacial score (nSPS) is 13.6. The largest absolute Gasteiger partial charge is 0.357 e. The second kappa shape index (κ2) is 7.03. The van der Waals surface area contributed by atoms with E-state index >= 15 is 0 Å². The van der Waals surface area contributed by atoms with E-state index in [9.17, 15) is 0 Å². The van der Waals surface area contributed by atoms with Crippen LogP contribution in [0.1, 0.15) is 26.1 Å². The molecule has 0 spiro atoms. The van der Waals surface area contributed by atoms with Crippen molar-refractivity contribution in [1.82, 2.24) is 19.5 Å². The van der Waals surface area contributed by atoms with Crippen LogP contribution in [0, 0.1) is 5.92 Å². The molecule has 6 nitrogen and oxygen atoms in total. The standard InChI is InChI=1S/C19H21ClN6/c1-13(2)6-9-26-16-3-4-17(20)23-19(16)24-18(26)12-25-10-8-22-14-11-21-7-5-15(14)25/h3-5,7-8,11,13H,6,9-10,12H2,1-2H3. The highest BCUT2D eigenvalue weighted by Crippen LogP contribution is 2.31. The number of anilines is 1. The van der Waals surface area contributed by atoms with E-state index in [1.165, 1.54) is 0 Å². The molecular formula is C19H21ClN6. The van der Waals surface area contributed by atoms with Gasteiger partial charge < -0.3 is 9.47 Å². The highest BCUT2D eigenvalue weighted by atomic mass is 35.5.